The minimum absolute atomic E-state index is 0.0360. The molecule has 11 heteroatoms. The highest BCUT2D eigenvalue weighted by Gasteiger charge is 2.34. The summed E-state index contributed by atoms with van der Waals surface area (Å²) in [6.07, 6.45) is 0.301. The van der Waals surface area contributed by atoms with E-state index in [4.69, 9.17) is 21.1 Å². The van der Waals surface area contributed by atoms with Crippen molar-refractivity contribution < 1.29 is 22.6 Å². The lowest BCUT2D eigenvalue weighted by atomic mass is 10.0. The Morgan fingerprint density at radius 1 is 1.13 bits per heavy atom. The molecule has 0 unspecified atom stereocenters. The zero-order valence-corrected chi connectivity index (χ0v) is 21.7. The lowest BCUT2D eigenvalue weighted by molar-refractivity contribution is -0.138. The van der Waals surface area contributed by atoms with Gasteiger partial charge < -0.3 is 14.0 Å². The fraction of sp³-hybridized carbons (Fsp3) is 0.214. The van der Waals surface area contributed by atoms with Gasteiger partial charge in [-0.25, -0.2) is 4.98 Å². The number of hydrogen-bond donors (Lipinski definition) is 0. The molecular formula is C28H22ClF3N4O3. The Morgan fingerprint density at radius 2 is 1.95 bits per heavy atom. The van der Waals surface area contributed by atoms with E-state index in [0.717, 1.165) is 27.3 Å². The normalized spacial score (nSPS) is 13.4. The van der Waals surface area contributed by atoms with Gasteiger partial charge in [0.2, 0.25) is 0 Å². The number of nitrogens with zero attached hydrogens (tertiary/aromatic N) is 4. The van der Waals surface area contributed by atoms with Crippen LogP contribution in [0.5, 0.6) is 11.5 Å². The third-order valence-electron chi connectivity index (χ3n) is 6.27. The maximum absolute atomic E-state index is 13.3. The first-order valence-electron chi connectivity index (χ1n) is 11.9. The van der Waals surface area contributed by atoms with E-state index in [9.17, 15) is 18.0 Å². The number of methoxy groups -OCH3 is 1. The third-order valence-corrected chi connectivity index (χ3v) is 6.61. The van der Waals surface area contributed by atoms with Crippen LogP contribution in [0.3, 0.4) is 0 Å². The maximum atomic E-state index is 13.3. The molecule has 4 heterocycles. The number of pyridine rings is 3. The number of aryl methyl sites for hydroxylation is 1. The molecule has 1 aromatic carbocycles. The molecule has 0 saturated heterocycles. The van der Waals surface area contributed by atoms with Gasteiger partial charge in [-0.05, 0) is 37.3 Å². The van der Waals surface area contributed by atoms with Crippen LogP contribution in [0.15, 0.2) is 69.7 Å². The highest BCUT2D eigenvalue weighted by atomic mass is 35.5. The number of halogens is 4. The molecule has 5 rings (SSSR count). The molecule has 0 atom stereocenters. The molecule has 3 aromatic heterocycles. The number of alkyl halides is 3. The van der Waals surface area contributed by atoms with Gasteiger partial charge in [0.15, 0.2) is 0 Å². The molecule has 0 amide bonds. The number of fused-ring (bicyclic) bond motifs is 1. The van der Waals surface area contributed by atoms with Crippen molar-refractivity contribution in [1.29, 1.82) is 0 Å². The van der Waals surface area contributed by atoms with Gasteiger partial charge in [0, 0.05) is 46.7 Å². The standard InChI is InChI=1S/C28H22ClF3N4O3/c1-16-13-18(25-21(29)8-10-34-25)17-5-3-7-24(26(17)35-16)39-15-19-22(33-11-9-23(19)38-2)14-36-12-4-6-20(27(36)37)28(30,31)32/h3-7,9-13H,8,14-15H2,1-2H3. The topological polar surface area (TPSA) is 78.6 Å². The van der Waals surface area contributed by atoms with Crippen molar-refractivity contribution in [2.45, 2.75) is 32.7 Å². The molecule has 39 heavy (non-hydrogen) atoms. The van der Waals surface area contributed by atoms with Gasteiger partial charge in [-0.3, -0.25) is 14.8 Å². The zero-order chi connectivity index (χ0) is 27.7. The van der Waals surface area contributed by atoms with E-state index in [1.54, 1.807) is 18.3 Å². The summed E-state index contributed by atoms with van der Waals surface area (Å²) in [5.41, 5.74) is 1.28. The van der Waals surface area contributed by atoms with E-state index in [1.165, 1.54) is 25.6 Å². The number of ether oxygens (including phenoxy) is 2. The largest absolute Gasteiger partial charge is 0.496 e. The first-order valence-corrected chi connectivity index (χ1v) is 12.3. The van der Waals surface area contributed by atoms with Crippen LogP contribution in [-0.4, -0.2) is 27.9 Å². The molecule has 0 bridgehead atoms. The second-order valence-corrected chi connectivity index (χ2v) is 9.27. The van der Waals surface area contributed by atoms with Gasteiger partial charge in [0.05, 0.1) is 30.6 Å². The van der Waals surface area contributed by atoms with Crippen molar-refractivity contribution in [3.8, 4) is 11.5 Å². The summed E-state index contributed by atoms with van der Waals surface area (Å²) in [6.45, 7) is 1.62. The van der Waals surface area contributed by atoms with Crippen LogP contribution in [0.25, 0.3) is 16.6 Å². The van der Waals surface area contributed by atoms with Gasteiger partial charge in [-0.1, -0.05) is 23.7 Å². The van der Waals surface area contributed by atoms with Crippen molar-refractivity contribution in [3.63, 3.8) is 0 Å². The average molecular weight is 555 g/mol. The summed E-state index contributed by atoms with van der Waals surface area (Å²) < 4.78 is 52.5. The van der Waals surface area contributed by atoms with E-state index in [0.29, 0.717) is 45.4 Å². The molecule has 0 radical (unpaired) electrons. The van der Waals surface area contributed by atoms with Crippen molar-refractivity contribution in [2.75, 3.05) is 7.11 Å². The van der Waals surface area contributed by atoms with Gasteiger partial charge in [0.1, 0.15) is 29.2 Å². The molecule has 200 valence electrons. The number of para-hydroxylation sites is 1. The van der Waals surface area contributed by atoms with Gasteiger partial charge >= 0.3 is 6.18 Å². The molecule has 7 nitrogen and oxygen atoms in total. The minimum atomic E-state index is -4.77. The first kappa shape index (κ1) is 26.4. The third kappa shape index (κ3) is 5.24. The SMILES string of the molecule is COc1ccnc(Cn2cccc(C(F)(F)F)c2=O)c1COc1cccc2c(C3=C(Cl)CC=N3)cc(C)nc12. The molecule has 0 N–H and O–H groups in total. The van der Waals surface area contributed by atoms with Crippen LogP contribution in [0, 0.1) is 6.92 Å². The van der Waals surface area contributed by atoms with E-state index in [-0.39, 0.29) is 13.2 Å². The van der Waals surface area contributed by atoms with Crippen LogP contribution < -0.4 is 15.0 Å². The lowest BCUT2D eigenvalue weighted by Crippen LogP contribution is -2.28. The Bertz CT molecular complexity index is 1700. The van der Waals surface area contributed by atoms with Crippen LogP contribution in [0.1, 0.15) is 34.5 Å². The fourth-order valence-corrected chi connectivity index (χ4v) is 4.67. The monoisotopic (exact) mass is 554 g/mol. The van der Waals surface area contributed by atoms with Crippen LogP contribution >= 0.6 is 11.6 Å². The second-order valence-electron chi connectivity index (χ2n) is 8.81. The number of rotatable bonds is 7. The summed E-state index contributed by atoms with van der Waals surface area (Å²) in [5, 5.41) is 1.45. The minimum Gasteiger partial charge on any atom is -0.496 e. The highest BCUT2D eigenvalue weighted by Crippen LogP contribution is 2.36. The zero-order valence-electron chi connectivity index (χ0n) is 20.9. The van der Waals surface area contributed by atoms with Crippen LogP contribution in [-0.2, 0) is 19.3 Å². The Balaban J connectivity index is 1.51. The van der Waals surface area contributed by atoms with Crippen LogP contribution in [0.4, 0.5) is 13.2 Å². The quantitative estimate of drug-likeness (QED) is 0.274. The van der Waals surface area contributed by atoms with E-state index >= 15 is 0 Å². The van der Waals surface area contributed by atoms with E-state index in [1.807, 2.05) is 25.1 Å². The Kier molecular flexibility index (Phi) is 7.14. The second kappa shape index (κ2) is 10.5. The number of allylic oxidation sites excluding steroid dienone is 1. The van der Waals surface area contributed by atoms with Gasteiger partial charge in [-0.15, -0.1) is 0 Å². The lowest BCUT2D eigenvalue weighted by Gasteiger charge is -2.17. The summed E-state index contributed by atoms with van der Waals surface area (Å²) in [6, 6.07) is 11.0. The Labute approximate surface area is 226 Å². The van der Waals surface area contributed by atoms with Crippen molar-refractivity contribution in [1.82, 2.24) is 14.5 Å². The van der Waals surface area contributed by atoms with Gasteiger partial charge in [-0.2, -0.15) is 13.2 Å². The van der Waals surface area contributed by atoms with E-state index < -0.39 is 17.3 Å². The molecule has 1 aliphatic rings. The van der Waals surface area contributed by atoms with Gasteiger partial charge in [0.25, 0.3) is 5.56 Å². The highest BCUT2D eigenvalue weighted by molar-refractivity contribution is 6.35. The molecule has 0 fully saturated rings. The Morgan fingerprint density at radius 3 is 2.67 bits per heavy atom. The van der Waals surface area contributed by atoms with E-state index in [2.05, 4.69) is 15.0 Å². The summed E-state index contributed by atoms with van der Waals surface area (Å²) in [4.78, 5) is 26.0. The van der Waals surface area contributed by atoms with Crippen molar-refractivity contribution in [3.05, 3.63) is 98.3 Å². The summed E-state index contributed by atoms with van der Waals surface area (Å²) >= 11 is 6.41. The summed E-state index contributed by atoms with van der Waals surface area (Å²) in [7, 11) is 1.47. The maximum Gasteiger partial charge on any atom is 0.421 e. The number of hydrogen-bond acceptors (Lipinski definition) is 6. The molecule has 0 saturated carbocycles. The molecular weight excluding hydrogens is 533 g/mol. The fourth-order valence-electron chi connectivity index (χ4n) is 4.45. The molecule has 0 aliphatic carbocycles. The predicted octanol–water partition coefficient (Wildman–Crippen LogP) is 6.14. The number of aliphatic imine (C=N–C) groups is 1. The van der Waals surface area contributed by atoms with Crippen LogP contribution in [0.2, 0.25) is 0 Å². The first-order chi connectivity index (χ1) is 18.7. The molecule has 1 aliphatic heterocycles. The predicted molar refractivity (Wildman–Crippen MR) is 142 cm³/mol. The Hall–Kier alpha value is -4.18. The smallest absolute Gasteiger partial charge is 0.421 e. The average Bonchev–Trinajstić information content (AvgIpc) is 3.33. The van der Waals surface area contributed by atoms with Crippen molar-refractivity contribution >= 4 is 34.4 Å². The molecule has 0 spiro atoms. The molecule has 4 aromatic rings. The summed E-state index contributed by atoms with van der Waals surface area (Å²) in [5.74, 6) is 0.895. The number of benzene rings is 1. The van der Waals surface area contributed by atoms with Crippen molar-refractivity contribution in [2.24, 2.45) is 4.99 Å². The number of aromatic nitrogens is 3.